The summed E-state index contributed by atoms with van der Waals surface area (Å²) in [6.45, 7) is 1.76. The summed E-state index contributed by atoms with van der Waals surface area (Å²) in [4.78, 5) is 17.1. The number of benzene rings is 1. The van der Waals surface area contributed by atoms with Crippen LogP contribution in [0.25, 0.3) is 11.5 Å². The van der Waals surface area contributed by atoms with Crippen LogP contribution >= 0.6 is 11.3 Å². The fourth-order valence-corrected chi connectivity index (χ4v) is 2.89. The van der Waals surface area contributed by atoms with E-state index in [2.05, 4.69) is 10.3 Å². The van der Waals surface area contributed by atoms with E-state index in [-0.39, 0.29) is 18.1 Å². The summed E-state index contributed by atoms with van der Waals surface area (Å²) in [6.07, 6.45) is 1.32. The van der Waals surface area contributed by atoms with Crippen LogP contribution in [-0.2, 0) is 5.60 Å². The lowest BCUT2D eigenvalue weighted by molar-refractivity contribution is 0.0555. The number of carbonyl (C=O) groups is 1. The molecule has 2 aromatic heterocycles. The standard InChI is InChI=1S/C17H16N2O3S/c1-17(21,14-8-5-9-23-14)11-18-15(20)13-10-22-16(19-13)12-6-3-2-4-7-12/h2-10,21H,11H2,1H3,(H,18,20). The van der Waals surface area contributed by atoms with Gasteiger partial charge in [-0.1, -0.05) is 24.3 Å². The van der Waals surface area contributed by atoms with Crippen molar-refractivity contribution >= 4 is 17.2 Å². The zero-order valence-electron chi connectivity index (χ0n) is 12.5. The van der Waals surface area contributed by atoms with E-state index >= 15 is 0 Å². The highest BCUT2D eigenvalue weighted by Crippen LogP contribution is 2.24. The quantitative estimate of drug-likeness (QED) is 0.755. The van der Waals surface area contributed by atoms with Crippen LogP contribution in [0.15, 0.2) is 58.5 Å². The maximum absolute atomic E-state index is 12.2. The third kappa shape index (κ3) is 3.49. The Labute approximate surface area is 137 Å². The lowest BCUT2D eigenvalue weighted by Crippen LogP contribution is -2.38. The molecule has 1 amide bonds. The molecule has 2 heterocycles. The van der Waals surface area contributed by atoms with Crippen LogP contribution in [-0.4, -0.2) is 22.5 Å². The van der Waals surface area contributed by atoms with Crippen LogP contribution in [0, 0.1) is 0 Å². The van der Waals surface area contributed by atoms with Crippen LogP contribution < -0.4 is 5.32 Å². The molecule has 0 aliphatic carbocycles. The molecule has 0 aliphatic heterocycles. The van der Waals surface area contributed by atoms with E-state index in [1.807, 2.05) is 47.8 Å². The molecule has 0 aliphatic rings. The van der Waals surface area contributed by atoms with E-state index in [4.69, 9.17) is 4.42 Å². The summed E-state index contributed by atoms with van der Waals surface area (Å²) in [7, 11) is 0. The Hall–Kier alpha value is -2.44. The molecule has 5 nitrogen and oxygen atoms in total. The maximum atomic E-state index is 12.2. The second kappa shape index (κ2) is 6.36. The Bertz CT molecular complexity index is 779. The number of nitrogens with zero attached hydrogens (tertiary/aromatic N) is 1. The van der Waals surface area contributed by atoms with Crippen molar-refractivity contribution in [3.63, 3.8) is 0 Å². The molecular weight excluding hydrogens is 312 g/mol. The number of hydrogen-bond acceptors (Lipinski definition) is 5. The smallest absolute Gasteiger partial charge is 0.273 e. The second-order valence-corrected chi connectivity index (χ2v) is 6.29. The largest absolute Gasteiger partial charge is 0.444 e. The molecule has 0 bridgehead atoms. The van der Waals surface area contributed by atoms with Gasteiger partial charge in [-0.05, 0) is 30.5 Å². The minimum atomic E-state index is -1.12. The van der Waals surface area contributed by atoms with Gasteiger partial charge >= 0.3 is 0 Å². The zero-order chi connectivity index (χ0) is 16.3. The molecule has 3 aromatic rings. The van der Waals surface area contributed by atoms with Gasteiger partial charge in [0.15, 0.2) is 5.69 Å². The average molecular weight is 328 g/mol. The van der Waals surface area contributed by atoms with Gasteiger partial charge in [-0.2, -0.15) is 0 Å². The molecule has 1 unspecified atom stereocenters. The maximum Gasteiger partial charge on any atom is 0.273 e. The van der Waals surface area contributed by atoms with Gasteiger partial charge in [0.1, 0.15) is 11.9 Å². The monoisotopic (exact) mass is 328 g/mol. The first-order valence-electron chi connectivity index (χ1n) is 7.12. The molecule has 0 spiro atoms. The minimum absolute atomic E-state index is 0.0971. The van der Waals surface area contributed by atoms with E-state index in [1.54, 1.807) is 6.92 Å². The molecule has 23 heavy (non-hydrogen) atoms. The first kappa shape index (κ1) is 15.5. The van der Waals surface area contributed by atoms with Gasteiger partial charge in [0, 0.05) is 10.4 Å². The first-order chi connectivity index (χ1) is 11.1. The van der Waals surface area contributed by atoms with E-state index in [0.717, 1.165) is 10.4 Å². The Balaban J connectivity index is 1.66. The van der Waals surface area contributed by atoms with Crippen LogP contribution in [0.3, 0.4) is 0 Å². The van der Waals surface area contributed by atoms with Gasteiger partial charge in [0.25, 0.3) is 5.91 Å². The Morgan fingerprint density at radius 1 is 1.30 bits per heavy atom. The fraction of sp³-hybridized carbons (Fsp3) is 0.176. The summed E-state index contributed by atoms with van der Waals surface area (Å²) >= 11 is 1.44. The third-order valence-electron chi connectivity index (χ3n) is 3.40. The molecular formula is C17H16N2O3S. The number of thiophene rings is 1. The molecule has 3 rings (SSSR count). The molecule has 0 saturated heterocycles. The number of nitrogens with one attached hydrogen (secondary N) is 1. The van der Waals surface area contributed by atoms with Gasteiger partial charge in [0.05, 0.1) is 6.54 Å². The van der Waals surface area contributed by atoms with Crippen LogP contribution in [0.4, 0.5) is 0 Å². The van der Waals surface area contributed by atoms with Gasteiger partial charge in [-0.25, -0.2) is 4.98 Å². The molecule has 1 aromatic carbocycles. The topological polar surface area (TPSA) is 75.4 Å². The van der Waals surface area contributed by atoms with Crippen molar-refractivity contribution in [3.05, 3.63) is 64.7 Å². The summed E-state index contributed by atoms with van der Waals surface area (Å²) < 4.78 is 5.34. The summed E-state index contributed by atoms with van der Waals surface area (Å²) in [5.74, 6) is 0.00790. The average Bonchev–Trinajstić information content (AvgIpc) is 3.25. The highest BCUT2D eigenvalue weighted by Gasteiger charge is 2.25. The van der Waals surface area contributed by atoms with Crippen LogP contribution in [0.1, 0.15) is 22.3 Å². The molecule has 0 fully saturated rings. The molecule has 2 N–H and O–H groups in total. The normalized spacial score (nSPS) is 13.5. The minimum Gasteiger partial charge on any atom is -0.444 e. The Morgan fingerprint density at radius 3 is 2.78 bits per heavy atom. The summed E-state index contributed by atoms with van der Waals surface area (Å²) in [5, 5.41) is 15.0. The lowest BCUT2D eigenvalue weighted by atomic mass is 10.1. The fourth-order valence-electron chi connectivity index (χ4n) is 2.11. The van der Waals surface area contributed by atoms with E-state index in [9.17, 15) is 9.90 Å². The lowest BCUT2D eigenvalue weighted by Gasteiger charge is -2.21. The third-order valence-corrected chi connectivity index (χ3v) is 4.53. The Kier molecular flexibility index (Phi) is 4.27. The van der Waals surface area contributed by atoms with Crippen molar-refractivity contribution in [3.8, 4) is 11.5 Å². The number of aliphatic hydroxyl groups is 1. The number of hydrogen-bond donors (Lipinski definition) is 2. The molecule has 0 saturated carbocycles. The molecule has 118 valence electrons. The number of oxazole rings is 1. The van der Waals surface area contributed by atoms with Crippen molar-refractivity contribution < 1.29 is 14.3 Å². The number of aromatic nitrogens is 1. The number of carbonyl (C=O) groups excluding carboxylic acids is 1. The van der Waals surface area contributed by atoms with E-state index in [0.29, 0.717) is 5.89 Å². The number of amides is 1. The van der Waals surface area contributed by atoms with Crippen molar-refractivity contribution in [2.45, 2.75) is 12.5 Å². The van der Waals surface area contributed by atoms with Gasteiger partial charge in [-0.15, -0.1) is 11.3 Å². The molecule has 6 heteroatoms. The van der Waals surface area contributed by atoms with E-state index in [1.165, 1.54) is 17.6 Å². The van der Waals surface area contributed by atoms with Crippen LogP contribution in [0.2, 0.25) is 0 Å². The second-order valence-electron chi connectivity index (χ2n) is 5.34. The zero-order valence-corrected chi connectivity index (χ0v) is 13.3. The van der Waals surface area contributed by atoms with Crippen molar-refractivity contribution in [1.29, 1.82) is 0 Å². The summed E-state index contributed by atoms with van der Waals surface area (Å²) in [6, 6.07) is 13.0. The van der Waals surface area contributed by atoms with Crippen molar-refractivity contribution in [1.82, 2.24) is 10.3 Å². The number of rotatable bonds is 5. The Morgan fingerprint density at radius 2 is 2.09 bits per heavy atom. The predicted molar refractivity (Wildman–Crippen MR) is 88.2 cm³/mol. The SMILES string of the molecule is CC(O)(CNC(=O)c1coc(-c2ccccc2)n1)c1cccs1. The van der Waals surface area contributed by atoms with Crippen LogP contribution in [0.5, 0.6) is 0 Å². The van der Waals surface area contributed by atoms with Gasteiger partial charge in [-0.3, -0.25) is 4.79 Å². The van der Waals surface area contributed by atoms with E-state index < -0.39 is 5.60 Å². The predicted octanol–water partition coefficient (Wildman–Crippen LogP) is 3.04. The van der Waals surface area contributed by atoms with Gasteiger partial charge in [0.2, 0.25) is 5.89 Å². The van der Waals surface area contributed by atoms with Crippen molar-refractivity contribution in [2.24, 2.45) is 0 Å². The molecule has 1 atom stereocenters. The molecule has 0 radical (unpaired) electrons. The van der Waals surface area contributed by atoms with Crippen molar-refractivity contribution in [2.75, 3.05) is 6.54 Å². The highest BCUT2D eigenvalue weighted by atomic mass is 32.1. The highest BCUT2D eigenvalue weighted by molar-refractivity contribution is 7.10. The first-order valence-corrected chi connectivity index (χ1v) is 8.00. The van der Waals surface area contributed by atoms with Gasteiger partial charge < -0.3 is 14.8 Å². The summed E-state index contributed by atoms with van der Waals surface area (Å²) in [5.41, 5.74) is -0.126.